The second kappa shape index (κ2) is 14.5. The number of ether oxygens (including phenoxy) is 2. The van der Waals surface area contributed by atoms with E-state index in [1.54, 1.807) is 6.92 Å². The largest absolute Gasteiger partial charge is 0.478 e. The number of hydrogen-bond donors (Lipinski definition) is 3. The van der Waals surface area contributed by atoms with Crippen molar-refractivity contribution in [1.29, 1.82) is 0 Å². The summed E-state index contributed by atoms with van der Waals surface area (Å²) < 4.78 is 39.9. The zero-order valence-corrected chi connectivity index (χ0v) is 27.1. The number of methoxy groups -OCH3 is 1. The highest BCUT2D eigenvalue weighted by Gasteiger charge is 2.33. The Bertz CT molecular complexity index is 1330. The van der Waals surface area contributed by atoms with Crippen molar-refractivity contribution in [2.75, 3.05) is 37.6 Å². The molecule has 12 nitrogen and oxygen atoms in total. The van der Waals surface area contributed by atoms with Crippen LogP contribution in [-0.4, -0.2) is 82.9 Å². The Kier molecular flexibility index (Phi) is 12.3. The molecule has 40 heavy (non-hydrogen) atoms. The highest BCUT2D eigenvalue weighted by Crippen LogP contribution is 2.36. The van der Waals surface area contributed by atoms with Gasteiger partial charge in [0.2, 0.25) is 11.7 Å². The number of carboxylic acid groups (broad SMARTS) is 1. The van der Waals surface area contributed by atoms with E-state index in [1.165, 1.54) is 32.4 Å². The van der Waals surface area contributed by atoms with Crippen LogP contribution < -0.4 is 19.7 Å². The summed E-state index contributed by atoms with van der Waals surface area (Å²) in [5.41, 5.74) is 0.311. The molecule has 0 unspecified atom stereocenters. The summed E-state index contributed by atoms with van der Waals surface area (Å²) in [5, 5.41) is 13.8. The van der Waals surface area contributed by atoms with Crippen molar-refractivity contribution in [1.82, 2.24) is 20.6 Å². The average Bonchev–Trinajstić information content (AvgIpc) is 2.87. The lowest BCUT2D eigenvalue weighted by atomic mass is 10.3. The molecule has 1 aromatic heterocycles. The number of nitrogens with zero attached hydrogens (tertiary/aromatic N) is 3. The Morgan fingerprint density at radius 2 is 1.90 bits per heavy atom. The van der Waals surface area contributed by atoms with Gasteiger partial charge in [-0.1, -0.05) is 48.9 Å². The number of thioether (sulfide) groups is 1. The van der Waals surface area contributed by atoms with Gasteiger partial charge in [0, 0.05) is 27.5 Å². The third-order valence-electron chi connectivity index (χ3n) is 5.34. The van der Waals surface area contributed by atoms with Crippen LogP contribution in [0.3, 0.4) is 0 Å². The van der Waals surface area contributed by atoms with Crippen LogP contribution in [0.15, 0.2) is 28.1 Å². The van der Waals surface area contributed by atoms with Gasteiger partial charge in [0.15, 0.2) is 0 Å². The molecule has 0 aliphatic rings. The standard InChI is InChI=1S/C23H33Cl2N5O7S2Si/c1-14-22(38-12-16(20(31)26-2)28-23(32)33)29-21(36-3)19(27-14)30(13-37-10-11-40(4,5)6)39(34,35)17-9-7-8-15(24)18(17)25/h7-9,16,28H,10-13H2,1-6H3,(H,26,31)(H,32,33)/t16-/m0/s1. The van der Waals surface area contributed by atoms with Gasteiger partial charge in [-0.25, -0.2) is 27.5 Å². The van der Waals surface area contributed by atoms with E-state index in [0.717, 1.165) is 22.1 Å². The van der Waals surface area contributed by atoms with Crippen molar-refractivity contribution in [3.63, 3.8) is 0 Å². The molecule has 222 valence electrons. The van der Waals surface area contributed by atoms with E-state index >= 15 is 0 Å². The highest BCUT2D eigenvalue weighted by atomic mass is 35.5. The fraction of sp³-hybridized carbons (Fsp3) is 0.478. The van der Waals surface area contributed by atoms with E-state index in [9.17, 15) is 18.0 Å². The summed E-state index contributed by atoms with van der Waals surface area (Å²) in [4.78, 5) is 31.8. The van der Waals surface area contributed by atoms with Crippen molar-refractivity contribution in [2.24, 2.45) is 0 Å². The molecule has 1 aromatic carbocycles. The maximum absolute atomic E-state index is 13.9. The van der Waals surface area contributed by atoms with Gasteiger partial charge < -0.3 is 25.2 Å². The number of rotatable bonds is 14. The van der Waals surface area contributed by atoms with E-state index in [-0.39, 0.29) is 32.4 Å². The van der Waals surface area contributed by atoms with Crippen LogP contribution in [0, 0.1) is 6.92 Å². The molecule has 0 spiro atoms. The molecule has 2 rings (SSSR count). The van der Waals surface area contributed by atoms with Crippen molar-refractivity contribution in [3.8, 4) is 5.88 Å². The number of hydrogen-bond acceptors (Lipinski definition) is 9. The molecule has 0 saturated heterocycles. The van der Waals surface area contributed by atoms with Crippen LogP contribution in [0.5, 0.6) is 5.88 Å². The predicted molar refractivity (Wildman–Crippen MR) is 158 cm³/mol. The lowest BCUT2D eigenvalue weighted by Crippen LogP contribution is -2.46. The maximum atomic E-state index is 13.9. The molecule has 0 fully saturated rings. The second-order valence-electron chi connectivity index (χ2n) is 9.63. The third kappa shape index (κ3) is 9.11. The summed E-state index contributed by atoms with van der Waals surface area (Å²) in [7, 11) is -3.13. The first kappa shape index (κ1) is 33.9. The van der Waals surface area contributed by atoms with E-state index in [4.69, 9.17) is 37.8 Å². The van der Waals surface area contributed by atoms with Gasteiger partial charge in [0.25, 0.3) is 15.9 Å². The van der Waals surface area contributed by atoms with Crippen LogP contribution in [-0.2, 0) is 19.6 Å². The first-order valence-electron chi connectivity index (χ1n) is 11.9. The fourth-order valence-electron chi connectivity index (χ4n) is 3.15. The van der Waals surface area contributed by atoms with Gasteiger partial charge in [-0.15, -0.1) is 11.8 Å². The smallest absolute Gasteiger partial charge is 0.405 e. The molecule has 0 radical (unpaired) electrons. The van der Waals surface area contributed by atoms with Crippen molar-refractivity contribution >= 4 is 70.9 Å². The highest BCUT2D eigenvalue weighted by molar-refractivity contribution is 7.99. The van der Waals surface area contributed by atoms with Crippen molar-refractivity contribution in [3.05, 3.63) is 33.9 Å². The van der Waals surface area contributed by atoms with Crippen LogP contribution in [0.2, 0.25) is 35.7 Å². The Hall–Kier alpha value is -2.30. The Morgan fingerprint density at radius 3 is 2.48 bits per heavy atom. The Labute approximate surface area is 249 Å². The molecule has 0 bridgehead atoms. The first-order chi connectivity index (χ1) is 18.6. The molecular weight excluding hydrogens is 621 g/mol. The normalized spacial score (nSPS) is 12.5. The van der Waals surface area contributed by atoms with Gasteiger partial charge >= 0.3 is 6.09 Å². The monoisotopic (exact) mass is 653 g/mol. The zero-order chi connectivity index (χ0) is 30.3. The first-order valence-corrected chi connectivity index (χ1v) is 18.8. The van der Waals surface area contributed by atoms with Gasteiger partial charge in [0.05, 0.1) is 22.8 Å². The molecule has 3 N–H and O–H groups in total. The second-order valence-corrected chi connectivity index (χ2v) is 18.9. The molecule has 1 heterocycles. The SMILES string of the molecule is CNC(=O)[C@H](CSc1nc(OC)c(N(COCC[Si](C)(C)C)S(=O)(=O)c2cccc(Cl)c2Cl)nc1C)NC(=O)O. The number of carbonyl (C=O) groups excluding carboxylic acids is 1. The number of amides is 2. The van der Waals surface area contributed by atoms with Gasteiger partial charge in [-0.2, -0.15) is 0 Å². The minimum absolute atomic E-state index is 0.00999. The molecule has 2 aromatic rings. The third-order valence-corrected chi connectivity index (χ3v) is 10.9. The Balaban J connectivity index is 2.52. The average molecular weight is 655 g/mol. The predicted octanol–water partition coefficient (Wildman–Crippen LogP) is 4.08. The Morgan fingerprint density at radius 1 is 1.23 bits per heavy atom. The quantitative estimate of drug-likeness (QED) is 0.117. The van der Waals surface area contributed by atoms with Crippen LogP contribution in [0.25, 0.3) is 0 Å². The number of aryl methyl sites for hydroxylation is 1. The summed E-state index contributed by atoms with van der Waals surface area (Å²) in [6.07, 6.45) is -1.36. The van der Waals surface area contributed by atoms with Crippen LogP contribution >= 0.6 is 35.0 Å². The van der Waals surface area contributed by atoms with Crippen molar-refractivity contribution in [2.45, 2.75) is 48.6 Å². The van der Waals surface area contributed by atoms with E-state index < -0.39 is 42.9 Å². The summed E-state index contributed by atoms with van der Waals surface area (Å²) in [6.45, 7) is 8.04. The van der Waals surface area contributed by atoms with Gasteiger partial charge in [-0.05, 0) is 25.1 Å². The number of benzene rings is 1. The molecule has 2 amide bonds. The number of anilines is 1. The molecule has 0 saturated carbocycles. The minimum Gasteiger partial charge on any atom is -0.478 e. The topological polar surface area (TPSA) is 160 Å². The molecule has 1 atom stereocenters. The summed E-state index contributed by atoms with van der Waals surface area (Å²) in [6, 6.07) is 3.99. The summed E-state index contributed by atoms with van der Waals surface area (Å²) >= 11 is 13.4. The van der Waals surface area contributed by atoms with Crippen LogP contribution in [0.4, 0.5) is 10.6 Å². The lowest BCUT2D eigenvalue weighted by Gasteiger charge is -2.26. The van der Waals surface area contributed by atoms with Crippen LogP contribution in [0.1, 0.15) is 5.69 Å². The number of aromatic nitrogens is 2. The van der Waals surface area contributed by atoms with Crippen molar-refractivity contribution < 1.29 is 32.6 Å². The van der Waals surface area contributed by atoms with E-state index in [2.05, 4.69) is 40.2 Å². The maximum Gasteiger partial charge on any atom is 0.405 e. The number of sulfonamides is 1. The fourth-order valence-corrected chi connectivity index (χ4v) is 6.91. The van der Waals surface area contributed by atoms with Gasteiger partial charge in [0.1, 0.15) is 22.7 Å². The minimum atomic E-state index is -4.35. The summed E-state index contributed by atoms with van der Waals surface area (Å²) in [5.74, 6) is -0.814. The van der Waals surface area contributed by atoms with Gasteiger partial charge in [-0.3, -0.25) is 4.79 Å². The zero-order valence-electron chi connectivity index (χ0n) is 22.9. The molecule has 0 aliphatic heterocycles. The number of carbonyl (C=O) groups is 2. The number of nitrogens with one attached hydrogen (secondary N) is 2. The number of halogens is 2. The molecular formula is C23H33Cl2N5O7S2Si. The molecule has 0 aliphatic carbocycles. The van der Waals surface area contributed by atoms with E-state index in [1.807, 2.05) is 0 Å². The molecule has 17 heteroatoms. The number of likely N-dealkylation sites (N-methyl/N-ethyl adjacent to an activating group) is 1. The lowest BCUT2D eigenvalue weighted by molar-refractivity contribution is -0.122. The van der Waals surface area contributed by atoms with E-state index in [0.29, 0.717) is 17.3 Å².